The molecule has 0 bridgehead atoms. The molecule has 2 aliphatic rings. The predicted octanol–water partition coefficient (Wildman–Crippen LogP) is -1.06. The number of piperidine rings is 1. The summed E-state index contributed by atoms with van der Waals surface area (Å²) in [4.78, 5) is 2.00. The zero-order chi connectivity index (χ0) is 9.64. The fraction of sp³-hybridized carbons (Fsp3) is 1.00. The molecule has 76 valence electrons. The maximum atomic E-state index is 9.81. The summed E-state index contributed by atoms with van der Waals surface area (Å²) in [6.45, 7) is 3.17. The van der Waals surface area contributed by atoms with Crippen molar-refractivity contribution >= 4 is 0 Å². The van der Waals surface area contributed by atoms with Gasteiger partial charge in [-0.3, -0.25) is 4.90 Å². The van der Waals surface area contributed by atoms with Gasteiger partial charge in [0.15, 0.2) is 0 Å². The molecule has 13 heavy (non-hydrogen) atoms. The van der Waals surface area contributed by atoms with E-state index in [0.717, 1.165) is 19.4 Å². The molecule has 0 aliphatic carbocycles. The molecule has 0 spiro atoms. The molecule has 0 aromatic carbocycles. The largest absolute Gasteiger partial charge is 0.391 e. The average molecular weight is 187 g/mol. The fourth-order valence-corrected chi connectivity index (χ4v) is 2.61. The van der Waals surface area contributed by atoms with E-state index < -0.39 is 23.9 Å². The van der Waals surface area contributed by atoms with Gasteiger partial charge in [0.05, 0.1) is 17.7 Å². The molecule has 4 nitrogen and oxygen atoms in total. The Morgan fingerprint density at radius 3 is 2.62 bits per heavy atom. The van der Waals surface area contributed by atoms with Crippen molar-refractivity contribution < 1.29 is 15.3 Å². The van der Waals surface area contributed by atoms with Crippen LogP contribution in [0.25, 0.3) is 0 Å². The molecule has 2 fully saturated rings. The highest BCUT2D eigenvalue weighted by atomic mass is 16.3. The van der Waals surface area contributed by atoms with Crippen molar-refractivity contribution in [3.8, 4) is 0 Å². The van der Waals surface area contributed by atoms with Crippen LogP contribution in [-0.4, -0.2) is 57.2 Å². The number of β-amino-alcohol motifs (C(OH)–C–C–N with tert-alkyl or cyclic N) is 1. The Balaban J connectivity index is 2.27. The van der Waals surface area contributed by atoms with Crippen molar-refractivity contribution in [3.63, 3.8) is 0 Å². The molecule has 3 N–H and O–H groups in total. The van der Waals surface area contributed by atoms with Crippen LogP contribution in [0.15, 0.2) is 0 Å². The average Bonchev–Trinajstić information content (AvgIpc) is 2.31. The number of fused-ring (bicyclic) bond motifs is 1. The molecule has 0 unspecified atom stereocenters. The molecule has 2 rings (SSSR count). The zero-order valence-corrected chi connectivity index (χ0v) is 7.85. The smallest absolute Gasteiger partial charge is 0.102 e. The number of rotatable bonds is 0. The Hall–Kier alpha value is -0.160. The third-order valence-electron chi connectivity index (χ3n) is 3.63. The van der Waals surface area contributed by atoms with E-state index in [1.807, 2.05) is 11.8 Å². The second-order valence-electron chi connectivity index (χ2n) is 4.34. The van der Waals surface area contributed by atoms with Crippen LogP contribution in [0.4, 0.5) is 0 Å². The highest BCUT2D eigenvalue weighted by Gasteiger charge is 2.54. The van der Waals surface area contributed by atoms with E-state index in [9.17, 15) is 15.3 Å². The number of hydrogen-bond donors (Lipinski definition) is 3. The molecule has 0 radical (unpaired) electrons. The molecule has 2 heterocycles. The molecule has 2 aliphatic heterocycles. The summed E-state index contributed by atoms with van der Waals surface area (Å²) >= 11 is 0. The van der Waals surface area contributed by atoms with Crippen LogP contribution < -0.4 is 0 Å². The summed E-state index contributed by atoms with van der Waals surface area (Å²) in [5.41, 5.74) is -0.627. The first-order valence-corrected chi connectivity index (χ1v) is 4.86. The Morgan fingerprint density at radius 1 is 1.31 bits per heavy atom. The second-order valence-corrected chi connectivity index (χ2v) is 4.34. The summed E-state index contributed by atoms with van der Waals surface area (Å²) in [5.74, 6) is 0. The van der Waals surface area contributed by atoms with Crippen LogP contribution in [0, 0.1) is 0 Å². The van der Waals surface area contributed by atoms with E-state index in [-0.39, 0.29) is 0 Å². The van der Waals surface area contributed by atoms with E-state index in [2.05, 4.69) is 0 Å². The van der Waals surface area contributed by atoms with Gasteiger partial charge >= 0.3 is 0 Å². The second kappa shape index (κ2) is 2.92. The molecule has 4 heteroatoms. The van der Waals surface area contributed by atoms with Crippen molar-refractivity contribution in [2.24, 2.45) is 0 Å². The maximum Gasteiger partial charge on any atom is 0.102 e. The number of hydrogen-bond acceptors (Lipinski definition) is 4. The lowest BCUT2D eigenvalue weighted by Crippen LogP contribution is -2.59. The minimum atomic E-state index is -0.817. The Morgan fingerprint density at radius 2 is 2.00 bits per heavy atom. The van der Waals surface area contributed by atoms with Gasteiger partial charge < -0.3 is 15.3 Å². The van der Waals surface area contributed by atoms with Crippen molar-refractivity contribution in [2.45, 2.75) is 43.6 Å². The van der Waals surface area contributed by atoms with Crippen LogP contribution in [0.2, 0.25) is 0 Å². The fourth-order valence-electron chi connectivity index (χ4n) is 2.61. The molecular weight excluding hydrogens is 170 g/mol. The van der Waals surface area contributed by atoms with E-state index >= 15 is 0 Å². The van der Waals surface area contributed by atoms with Gasteiger partial charge in [0, 0.05) is 6.54 Å². The first kappa shape index (κ1) is 9.40. The maximum absolute atomic E-state index is 9.81. The van der Waals surface area contributed by atoms with Crippen LogP contribution >= 0.6 is 0 Å². The predicted molar refractivity (Wildman–Crippen MR) is 47.2 cm³/mol. The minimum Gasteiger partial charge on any atom is -0.391 e. The van der Waals surface area contributed by atoms with Crippen LogP contribution in [0.1, 0.15) is 19.8 Å². The first-order valence-electron chi connectivity index (χ1n) is 4.86. The van der Waals surface area contributed by atoms with Gasteiger partial charge in [0.25, 0.3) is 0 Å². The van der Waals surface area contributed by atoms with Crippen molar-refractivity contribution in [1.29, 1.82) is 0 Å². The summed E-state index contributed by atoms with van der Waals surface area (Å²) < 4.78 is 0. The first-order chi connectivity index (χ1) is 6.06. The van der Waals surface area contributed by atoms with Gasteiger partial charge in [-0.05, 0) is 26.3 Å². The lowest BCUT2D eigenvalue weighted by molar-refractivity contribution is -0.0892. The van der Waals surface area contributed by atoms with Gasteiger partial charge in [-0.2, -0.15) is 0 Å². The monoisotopic (exact) mass is 187 g/mol. The van der Waals surface area contributed by atoms with Crippen LogP contribution in [0.5, 0.6) is 0 Å². The Kier molecular flexibility index (Phi) is 2.11. The molecule has 4 atom stereocenters. The number of aliphatic hydroxyl groups excluding tert-OH is 3. The molecular formula is C9H17NO3. The highest BCUT2D eigenvalue weighted by Crippen LogP contribution is 2.37. The quantitative estimate of drug-likeness (QED) is 0.452. The number of aliphatic hydroxyl groups is 3. The van der Waals surface area contributed by atoms with Gasteiger partial charge in [0.2, 0.25) is 0 Å². The SMILES string of the molecule is C[C@]12[C@H](O)CCCN1C[C@@H](O)[C@H]2O. The Bertz CT molecular complexity index is 211. The third-order valence-corrected chi connectivity index (χ3v) is 3.63. The molecule has 0 aromatic rings. The van der Waals surface area contributed by atoms with Crippen molar-refractivity contribution in [2.75, 3.05) is 13.1 Å². The van der Waals surface area contributed by atoms with E-state index in [1.165, 1.54) is 0 Å². The lowest BCUT2D eigenvalue weighted by atomic mass is 9.83. The summed E-state index contributed by atoms with van der Waals surface area (Å²) in [6.07, 6.45) is -0.388. The van der Waals surface area contributed by atoms with E-state index in [1.54, 1.807) is 0 Å². The van der Waals surface area contributed by atoms with Crippen molar-refractivity contribution in [3.05, 3.63) is 0 Å². The topological polar surface area (TPSA) is 63.9 Å². The Labute approximate surface area is 77.8 Å². The lowest BCUT2D eigenvalue weighted by Gasteiger charge is -2.44. The molecule has 0 saturated carbocycles. The summed E-state index contributed by atoms with van der Waals surface area (Å²) in [5, 5.41) is 29.1. The number of nitrogens with zero attached hydrogens (tertiary/aromatic N) is 1. The van der Waals surface area contributed by atoms with Gasteiger partial charge in [-0.15, -0.1) is 0 Å². The van der Waals surface area contributed by atoms with Crippen molar-refractivity contribution in [1.82, 2.24) is 4.90 Å². The molecule has 0 aromatic heterocycles. The molecule has 0 amide bonds. The summed E-state index contributed by atoms with van der Waals surface area (Å²) in [6, 6.07) is 0. The zero-order valence-electron chi connectivity index (χ0n) is 7.85. The standard InChI is InChI=1S/C9H17NO3/c1-9-7(12)3-2-4-10(9)5-6(11)8(9)13/h6-8,11-13H,2-5H2,1H3/t6-,7-,8-,9-/m1/s1. The minimum absolute atomic E-state index is 0.481. The van der Waals surface area contributed by atoms with Gasteiger partial charge in [0.1, 0.15) is 6.10 Å². The highest BCUT2D eigenvalue weighted by molar-refractivity contribution is 5.09. The molecule has 2 saturated heterocycles. The van der Waals surface area contributed by atoms with E-state index in [4.69, 9.17) is 0 Å². The van der Waals surface area contributed by atoms with Gasteiger partial charge in [-0.1, -0.05) is 0 Å². The third kappa shape index (κ3) is 1.13. The van der Waals surface area contributed by atoms with Gasteiger partial charge in [-0.25, -0.2) is 0 Å². The normalized spacial score (nSPS) is 52.2. The van der Waals surface area contributed by atoms with Crippen LogP contribution in [0.3, 0.4) is 0 Å². The van der Waals surface area contributed by atoms with E-state index in [0.29, 0.717) is 6.54 Å². The van der Waals surface area contributed by atoms with Crippen LogP contribution in [-0.2, 0) is 0 Å². The summed E-state index contributed by atoms with van der Waals surface area (Å²) in [7, 11) is 0.